The van der Waals surface area contributed by atoms with Gasteiger partial charge in [-0.2, -0.15) is 5.10 Å². The Morgan fingerprint density at radius 1 is 1.43 bits per heavy atom. The van der Waals surface area contributed by atoms with Crippen molar-refractivity contribution >= 4 is 0 Å². The van der Waals surface area contributed by atoms with Crippen LogP contribution in [0.4, 0.5) is 4.39 Å². The van der Waals surface area contributed by atoms with Crippen LogP contribution in [0.2, 0.25) is 0 Å². The Labute approximate surface area is 122 Å². The number of para-hydroxylation sites is 1. The predicted octanol–water partition coefficient (Wildman–Crippen LogP) is 0.526. The monoisotopic (exact) mass is 294 g/mol. The normalized spacial score (nSPS) is 12.3. The maximum atomic E-state index is 13.3. The molecule has 7 heteroatoms. The van der Waals surface area contributed by atoms with Crippen molar-refractivity contribution in [2.75, 3.05) is 19.7 Å². The Kier molecular flexibility index (Phi) is 5.65. The highest BCUT2D eigenvalue weighted by Gasteiger charge is 2.07. The van der Waals surface area contributed by atoms with Gasteiger partial charge in [0.2, 0.25) is 0 Å². The van der Waals surface area contributed by atoms with Crippen LogP contribution in [0.5, 0.6) is 5.75 Å². The van der Waals surface area contributed by atoms with E-state index in [2.05, 4.69) is 15.4 Å². The molecule has 0 saturated carbocycles. The van der Waals surface area contributed by atoms with Crippen molar-refractivity contribution in [1.29, 1.82) is 0 Å². The average molecular weight is 294 g/mol. The van der Waals surface area contributed by atoms with E-state index in [0.717, 1.165) is 5.82 Å². The number of aliphatic hydroxyl groups excluding tert-OH is 1. The number of nitrogens with zero attached hydrogens (tertiary/aromatic N) is 3. The maximum absolute atomic E-state index is 13.3. The molecule has 1 atom stereocenters. The van der Waals surface area contributed by atoms with Gasteiger partial charge in [-0.1, -0.05) is 12.1 Å². The van der Waals surface area contributed by atoms with E-state index in [1.807, 2.05) is 7.05 Å². The summed E-state index contributed by atoms with van der Waals surface area (Å²) in [5.74, 6) is 0.468. The Morgan fingerprint density at radius 2 is 2.24 bits per heavy atom. The van der Waals surface area contributed by atoms with Gasteiger partial charge in [0.1, 0.15) is 19.0 Å². The standard InChI is InChI=1S/C14H19FN4O2/c1-19-10-17-14(18-19)6-7-16-8-11(20)9-21-13-5-3-2-4-12(13)15/h2-5,10-11,16,20H,6-9H2,1H3. The van der Waals surface area contributed by atoms with Crippen molar-refractivity contribution < 1.29 is 14.2 Å². The van der Waals surface area contributed by atoms with Gasteiger partial charge in [0.05, 0.1) is 0 Å². The second-order valence-electron chi connectivity index (χ2n) is 4.68. The van der Waals surface area contributed by atoms with Gasteiger partial charge >= 0.3 is 0 Å². The van der Waals surface area contributed by atoms with Gasteiger partial charge in [-0.15, -0.1) is 0 Å². The van der Waals surface area contributed by atoms with Crippen LogP contribution in [0.1, 0.15) is 5.82 Å². The summed E-state index contributed by atoms with van der Waals surface area (Å²) in [6.45, 7) is 1.05. The van der Waals surface area contributed by atoms with Crippen molar-refractivity contribution in [2.45, 2.75) is 12.5 Å². The lowest BCUT2D eigenvalue weighted by Crippen LogP contribution is -2.32. The number of halogens is 1. The molecule has 0 saturated heterocycles. The first-order valence-electron chi connectivity index (χ1n) is 6.76. The largest absolute Gasteiger partial charge is 0.488 e. The smallest absolute Gasteiger partial charge is 0.165 e. The van der Waals surface area contributed by atoms with Gasteiger partial charge in [0.25, 0.3) is 0 Å². The van der Waals surface area contributed by atoms with Gasteiger partial charge in [-0.3, -0.25) is 4.68 Å². The number of benzene rings is 1. The van der Waals surface area contributed by atoms with Crippen LogP contribution in [0, 0.1) is 5.82 Å². The zero-order chi connectivity index (χ0) is 15.1. The van der Waals surface area contributed by atoms with E-state index in [1.165, 1.54) is 12.1 Å². The predicted molar refractivity (Wildman–Crippen MR) is 75.5 cm³/mol. The highest BCUT2D eigenvalue weighted by Crippen LogP contribution is 2.15. The Bertz CT molecular complexity index is 561. The molecule has 0 aliphatic rings. The second-order valence-corrected chi connectivity index (χ2v) is 4.68. The molecule has 0 radical (unpaired) electrons. The van der Waals surface area contributed by atoms with Crippen molar-refractivity contribution in [3.8, 4) is 5.75 Å². The Morgan fingerprint density at radius 3 is 2.95 bits per heavy atom. The summed E-state index contributed by atoms with van der Waals surface area (Å²) in [6, 6.07) is 6.12. The lowest BCUT2D eigenvalue weighted by Gasteiger charge is -2.13. The van der Waals surface area contributed by atoms with Crippen molar-refractivity contribution in [1.82, 2.24) is 20.1 Å². The minimum Gasteiger partial charge on any atom is -0.488 e. The molecule has 1 heterocycles. The molecule has 0 aliphatic heterocycles. The molecule has 2 N–H and O–H groups in total. The third-order valence-electron chi connectivity index (χ3n) is 2.82. The summed E-state index contributed by atoms with van der Waals surface area (Å²) >= 11 is 0. The first kappa shape index (κ1) is 15.4. The van der Waals surface area contributed by atoms with E-state index in [9.17, 15) is 9.50 Å². The first-order valence-corrected chi connectivity index (χ1v) is 6.76. The van der Waals surface area contributed by atoms with Crippen LogP contribution >= 0.6 is 0 Å². The number of hydrogen-bond donors (Lipinski definition) is 2. The van der Waals surface area contributed by atoms with Crippen LogP contribution in [0.25, 0.3) is 0 Å². The molecule has 1 unspecified atom stereocenters. The van der Waals surface area contributed by atoms with Gasteiger partial charge in [-0.25, -0.2) is 9.37 Å². The summed E-state index contributed by atoms with van der Waals surface area (Å²) in [5, 5.41) is 17.0. The third kappa shape index (κ3) is 5.13. The topological polar surface area (TPSA) is 72.2 Å². The highest BCUT2D eigenvalue weighted by molar-refractivity contribution is 5.23. The van der Waals surface area contributed by atoms with Crippen molar-refractivity contribution in [3.05, 3.63) is 42.2 Å². The first-order chi connectivity index (χ1) is 10.1. The molecule has 1 aromatic heterocycles. The summed E-state index contributed by atoms with van der Waals surface area (Å²) in [6.07, 6.45) is 1.62. The lowest BCUT2D eigenvalue weighted by atomic mass is 10.3. The summed E-state index contributed by atoms with van der Waals surface area (Å²) < 4.78 is 20.2. The van der Waals surface area contributed by atoms with E-state index < -0.39 is 11.9 Å². The summed E-state index contributed by atoms with van der Waals surface area (Å²) in [7, 11) is 1.81. The van der Waals surface area contributed by atoms with Gasteiger partial charge in [0, 0.05) is 26.6 Å². The zero-order valence-corrected chi connectivity index (χ0v) is 11.9. The molecule has 1 aromatic carbocycles. The van der Waals surface area contributed by atoms with Crippen LogP contribution in [0.15, 0.2) is 30.6 Å². The van der Waals surface area contributed by atoms with Crippen molar-refractivity contribution in [2.24, 2.45) is 7.05 Å². The molecule has 2 aromatic rings. The summed E-state index contributed by atoms with van der Waals surface area (Å²) in [4.78, 5) is 4.10. The lowest BCUT2D eigenvalue weighted by molar-refractivity contribution is 0.104. The van der Waals surface area contributed by atoms with E-state index in [-0.39, 0.29) is 12.4 Å². The zero-order valence-electron chi connectivity index (χ0n) is 11.9. The van der Waals surface area contributed by atoms with Crippen LogP contribution in [0.3, 0.4) is 0 Å². The van der Waals surface area contributed by atoms with Crippen LogP contribution in [-0.4, -0.2) is 45.7 Å². The Hall–Kier alpha value is -1.99. The maximum Gasteiger partial charge on any atom is 0.165 e. The Balaban J connectivity index is 1.61. The van der Waals surface area contributed by atoms with Gasteiger partial charge in [-0.05, 0) is 12.1 Å². The number of ether oxygens (including phenoxy) is 1. The molecule has 0 aliphatic carbocycles. The van der Waals surface area contributed by atoms with E-state index >= 15 is 0 Å². The number of aromatic nitrogens is 3. The number of rotatable bonds is 8. The van der Waals surface area contributed by atoms with Crippen molar-refractivity contribution in [3.63, 3.8) is 0 Å². The molecular weight excluding hydrogens is 275 g/mol. The van der Waals surface area contributed by atoms with E-state index in [1.54, 1.807) is 23.1 Å². The number of aryl methyl sites for hydroxylation is 1. The second kappa shape index (κ2) is 7.70. The van der Waals surface area contributed by atoms with Gasteiger partial charge in [0.15, 0.2) is 17.4 Å². The van der Waals surface area contributed by atoms with E-state index in [4.69, 9.17) is 4.74 Å². The molecule has 0 spiro atoms. The number of aliphatic hydroxyl groups is 1. The fourth-order valence-corrected chi connectivity index (χ4v) is 1.77. The fraction of sp³-hybridized carbons (Fsp3) is 0.429. The molecule has 0 bridgehead atoms. The average Bonchev–Trinajstić information content (AvgIpc) is 2.88. The fourth-order valence-electron chi connectivity index (χ4n) is 1.77. The molecule has 0 fully saturated rings. The molecule has 6 nitrogen and oxygen atoms in total. The number of nitrogens with one attached hydrogen (secondary N) is 1. The SMILES string of the molecule is Cn1cnc(CCNCC(O)COc2ccccc2F)n1. The molecule has 114 valence electrons. The highest BCUT2D eigenvalue weighted by atomic mass is 19.1. The van der Waals surface area contributed by atoms with Crippen LogP contribution in [-0.2, 0) is 13.5 Å². The number of hydrogen-bond acceptors (Lipinski definition) is 5. The minimum atomic E-state index is -0.707. The molecule has 2 rings (SSSR count). The molecular formula is C14H19FN4O2. The third-order valence-corrected chi connectivity index (χ3v) is 2.82. The quantitative estimate of drug-likeness (QED) is 0.695. The minimum absolute atomic E-state index is 0.0375. The van der Waals surface area contributed by atoms with Crippen LogP contribution < -0.4 is 10.1 Å². The molecule has 0 amide bonds. The van der Waals surface area contributed by atoms with E-state index in [0.29, 0.717) is 19.5 Å². The van der Waals surface area contributed by atoms with Gasteiger partial charge < -0.3 is 15.2 Å². The summed E-state index contributed by atoms with van der Waals surface area (Å²) in [5.41, 5.74) is 0. The molecule has 21 heavy (non-hydrogen) atoms.